The summed E-state index contributed by atoms with van der Waals surface area (Å²) in [6.45, 7) is 1.15. The van der Waals surface area contributed by atoms with Crippen molar-refractivity contribution < 1.29 is 14.0 Å². The van der Waals surface area contributed by atoms with E-state index in [1.54, 1.807) is 22.9 Å². The van der Waals surface area contributed by atoms with Crippen molar-refractivity contribution in [2.24, 2.45) is 5.92 Å². The standard InChI is InChI=1S/C23H23FN4O2/c24-16-7-9-18-20(10-16)27-28(13-14-4-2-1-3-5-14)21(18)23(30)26-17-8-6-15-12-25-22(29)19(15)11-17/h6-11,14H,1-5,12-13H2,(H,25,29)(H,26,30). The number of amides is 2. The lowest BCUT2D eigenvalue weighted by atomic mass is 9.89. The molecule has 2 aliphatic rings. The molecule has 1 saturated carbocycles. The predicted molar refractivity (Wildman–Crippen MR) is 112 cm³/mol. The Balaban J connectivity index is 1.48. The van der Waals surface area contributed by atoms with Gasteiger partial charge in [-0.25, -0.2) is 4.39 Å². The third kappa shape index (κ3) is 3.44. The van der Waals surface area contributed by atoms with E-state index in [0.717, 1.165) is 18.4 Å². The summed E-state index contributed by atoms with van der Waals surface area (Å²) < 4.78 is 15.5. The fourth-order valence-corrected chi connectivity index (χ4v) is 4.57. The predicted octanol–water partition coefficient (Wildman–Crippen LogP) is 4.25. The van der Waals surface area contributed by atoms with Gasteiger partial charge in [0, 0.05) is 35.8 Å². The summed E-state index contributed by atoms with van der Waals surface area (Å²) in [5, 5.41) is 10.9. The Bertz CT molecular complexity index is 1150. The first kappa shape index (κ1) is 18.8. The van der Waals surface area contributed by atoms with E-state index in [1.807, 2.05) is 6.07 Å². The van der Waals surface area contributed by atoms with Gasteiger partial charge in [-0.3, -0.25) is 14.3 Å². The number of nitrogens with one attached hydrogen (secondary N) is 2. The Morgan fingerprint density at radius 3 is 2.83 bits per heavy atom. The van der Waals surface area contributed by atoms with Crippen molar-refractivity contribution in [3.63, 3.8) is 0 Å². The van der Waals surface area contributed by atoms with Crippen molar-refractivity contribution in [1.29, 1.82) is 0 Å². The fourth-order valence-electron chi connectivity index (χ4n) is 4.57. The molecule has 1 aromatic heterocycles. The lowest BCUT2D eigenvalue weighted by Crippen LogP contribution is -2.22. The summed E-state index contributed by atoms with van der Waals surface area (Å²) in [7, 11) is 0. The van der Waals surface area contributed by atoms with Gasteiger partial charge in [0.1, 0.15) is 11.5 Å². The Morgan fingerprint density at radius 1 is 1.17 bits per heavy atom. The van der Waals surface area contributed by atoms with E-state index >= 15 is 0 Å². The molecule has 1 fully saturated rings. The Kier molecular flexibility index (Phi) is 4.73. The van der Waals surface area contributed by atoms with Crippen LogP contribution < -0.4 is 10.6 Å². The van der Waals surface area contributed by atoms with Crippen LogP contribution in [0.3, 0.4) is 0 Å². The summed E-state index contributed by atoms with van der Waals surface area (Å²) in [4.78, 5) is 25.2. The van der Waals surface area contributed by atoms with Crippen LogP contribution in [0.15, 0.2) is 36.4 Å². The van der Waals surface area contributed by atoms with Gasteiger partial charge in [-0.15, -0.1) is 0 Å². The molecule has 6 nitrogen and oxygen atoms in total. The number of hydrogen-bond acceptors (Lipinski definition) is 3. The second kappa shape index (κ2) is 7.55. The number of fused-ring (bicyclic) bond motifs is 2. The average Bonchev–Trinajstić information content (AvgIpc) is 3.28. The molecule has 0 saturated heterocycles. The monoisotopic (exact) mass is 406 g/mol. The quantitative estimate of drug-likeness (QED) is 0.680. The first-order chi connectivity index (χ1) is 14.6. The van der Waals surface area contributed by atoms with Crippen molar-refractivity contribution >= 4 is 28.4 Å². The number of aromatic nitrogens is 2. The number of anilines is 1. The highest BCUT2D eigenvalue weighted by molar-refractivity contribution is 6.12. The van der Waals surface area contributed by atoms with Gasteiger partial charge in [0.05, 0.1) is 5.52 Å². The zero-order chi connectivity index (χ0) is 20.7. The highest BCUT2D eigenvalue weighted by atomic mass is 19.1. The number of hydrogen-bond donors (Lipinski definition) is 2. The van der Waals surface area contributed by atoms with Crippen LogP contribution in [-0.4, -0.2) is 21.6 Å². The van der Waals surface area contributed by atoms with Crippen LogP contribution >= 0.6 is 0 Å². The number of benzene rings is 2. The van der Waals surface area contributed by atoms with Crippen LogP contribution in [-0.2, 0) is 13.1 Å². The highest BCUT2D eigenvalue weighted by Gasteiger charge is 2.24. The molecule has 2 N–H and O–H groups in total. The third-order valence-electron chi connectivity index (χ3n) is 6.12. The number of carbonyl (C=O) groups is 2. The summed E-state index contributed by atoms with van der Waals surface area (Å²) >= 11 is 0. The fraction of sp³-hybridized carbons (Fsp3) is 0.348. The minimum absolute atomic E-state index is 0.135. The van der Waals surface area contributed by atoms with Crippen LogP contribution in [0.1, 0.15) is 58.5 Å². The number of nitrogens with zero attached hydrogens (tertiary/aromatic N) is 2. The van der Waals surface area contributed by atoms with Crippen molar-refractivity contribution in [2.75, 3.05) is 5.32 Å². The van der Waals surface area contributed by atoms with E-state index in [2.05, 4.69) is 15.7 Å². The second-order valence-electron chi connectivity index (χ2n) is 8.20. The minimum atomic E-state index is -0.374. The van der Waals surface area contributed by atoms with Crippen LogP contribution in [0.25, 0.3) is 10.9 Å². The zero-order valence-corrected chi connectivity index (χ0v) is 16.6. The van der Waals surface area contributed by atoms with Gasteiger partial charge in [0.15, 0.2) is 0 Å². The molecule has 0 radical (unpaired) electrons. The van der Waals surface area contributed by atoms with Gasteiger partial charge < -0.3 is 10.6 Å². The van der Waals surface area contributed by atoms with Crippen LogP contribution in [0.2, 0.25) is 0 Å². The molecular formula is C23H23FN4O2. The first-order valence-corrected chi connectivity index (χ1v) is 10.5. The maximum atomic E-state index is 13.8. The molecule has 3 aromatic rings. The van der Waals surface area contributed by atoms with Crippen molar-refractivity contribution in [3.05, 3.63) is 59.0 Å². The smallest absolute Gasteiger partial charge is 0.274 e. The summed E-state index contributed by atoms with van der Waals surface area (Å²) in [6, 6.07) is 9.66. The van der Waals surface area contributed by atoms with Gasteiger partial charge in [-0.2, -0.15) is 5.10 Å². The normalized spacial score (nSPS) is 16.5. The summed E-state index contributed by atoms with van der Waals surface area (Å²) in [5.74, 6) is -0.350. The van der Waals surface area contributed by atoms with E-state index in [4.69, 9.17) is 0 Å². The van der Waals surface area contributed by atoms with Gasteiger partial charge in [0.25, 0.3) is 11.8 Å². The average molecular weight is 406 g/mol. The number of carbonyl (C=O) groups excluding carboxylic acids is 2. The highest BCUT2D eigenvalue weighted by Crippen LogP contribution is 2.28. The van der Waals surface area contributed by atoms with Crippen LogP contribution in [0.4, 0.5) is 10.1 Å². The molecule has 30 heavy (non-hydrogen) atoms. The first-order valence-electron chi connectivity index (χ1n) is 10.5. The van der Waals surface area contributed by atoms with Gasteiger partial charge in [0.2, 0.25) is 0 Å². The van der Waals surface area contributed by atoms with E-state index < -0.39 is 0 Å². The zero-order valence-electron chi connectivity index (χ0n) is 16.6. The molecule has 1 aliphatic carbocycles. The molecule has 2 aromatic carbocycles. The van der Waals surface area contributed by atoms with Gasteiger partial charge >= 0.3 is 0 Å². The Hall–Kier alpha value is -3.22. The molecule has 0 atom stereocenters. The molecule has 5 rings (SSSR count). The summed E-state index contributed by atoms with van der Waals surface area (Å²) in [6.07, 6.45) is 5.87. The van der Waals surface area contributed by atoms with Crippen molar-refractivity contribution in [2.45, 2.75) is 45.2 Å². The maximum absolute atomic E-state index is 13.8. The van der Waals surface area contributed by atoms with E-state index in [0.29, 0.717) is 46.9 Å². The van der Waals surface area contributed by atoms with Crippen molar-refractivity contribution in [3.8, 4) is 0 Å². The number of halogens is 1. The molecular weight excluding hydrogens is 383 g/mol. The molecule has 7 heteroatoms. The lowest BCUT2D eigenvalue weighted by molar-refractivity contribution is 0.0963. The molecule has 0 bridgehead atoms. The Morgan fingerprint density at radius 2 is 2.00 bits per heavy atom. The lowest BCUT2D eigenvalue weighted by Gasteiger charge is -2.22. The topological polar surface area (TPSA) is 76.0 Å². The molecule has 2 heterocycles. The largest absolute Gasteiger partial charge is 0.348 e. The van der Waals surface area contributed by atoms with Gasteiger partial charge in [-0.05, 0) is 48.6 Å². The number of rotatable bonds is 4. The van der Waals surface area contributed by atoms with Gasteiger partial charge in [-0.1, -0.05) is 25.3 Å². The van der Waals surface area contributed by atoms with Crippen molar-refractivity contribution in [1.82, 2.24) is 15.1 Å². The van der Waals surface area contributed by atoms with E-state index in [-0.39, 0.29) is 17.6 Å². The molecule has 0 spiro atoms. The Labute approximate surface area is 173 Å². The van der Waals surface area contributed by atoms with Crippen LogP contribution in [0.5, 0.6) is 0 Å². The van der Waals surface area contributed by atoms with E-state index in [9.17, 15) is 14.0 Å². The second-order valence-corrected chi connectivity index (χ2v) is 8.20. The molecule has 2 amide bonds. The minimum Gasteiger partial charge on any atom is -0.348 e. The third-order valence-corrected chi connectivity index (χ3v) is 6.12. The molecule has 0 unspecified atom stereocenters. The molecule has 154 valence electrons. The van der Waals surface area contributed by atoms with E-state index in [1.165, 1.54) is 31.4 Å². The maximum Gasteiger partial charge on any atom is 0.274 e. The summed E-state index contributed by atoms with van der Waals surface area (Å²) in [5.41, 5.74) is 2.96. The van der Waals surface area contributed by atoms with Crippen LogP contribution in [0, 0.1) is 11.7 Å². The molecule has 1 aliphatic heterocycles. The SMILES string of the molecule is O=C1NCc2ccc(NC(=O)c3c4ccc(F)cc4nn3CC3CCCCC3)cc21.